The lowest BCUT2D eigenvalue weighted by Gasteiger charge is -2.24. The number of ether oxygens (including phenoxy) is 1. The van der Waals surface area contributed by atoms with Crippen LogP contribution in [0.15, 0.2) is 24.3 Å². The van der Waals surface area contributed by atoms with Crippen LogP contribution < -0.4 is 10.2 Å². The third-order valence-corrected chi connectivity index (χ3v) is 3.96. The highest BCUT2D eigenvalue weighted by Crippen LogP contribution is 2.19. The molecule has 6 heteroatoms. The lowest BCUT2D eigenvalue weighted by atomic mass is 9.99. The predicted molar refractivity (Wildman–Crippen MR) is 86.0 cm³/mol. The Hall–Kier alpha value is -1.59. The Balaban J connectivity index is 1.87. The van der Waals surface area contributed by atoms with Gasteiger partial charge in [0.15, 0.2) is 0 Å². The number of nitrogens with one attached hydrogen (secondary N) is 1. The number of hydrogen-bond acceptors (Lipinski definition) is 3. The van der Waals surface area contributed by atoms with Gasteiger partial charge >= 0.3 is 0 Å². The number of carbonyl (C=O) groups is 2. The van der Waals surface area contributed by atoms with E-state index in [-0.39, 0.29) is 17.7 Å². The molecule has 1 saturated heterocycles. The Morgan fingerprint density at radius 2 is 2.09 bits per heavy atom. The first-order valence-electron chi connectivity index (χ1n) is 7.47. The number of benzene rings is 1. The number of carbonyl (C=O) groups excluding carboxylic acids is 2. The second-order valence-corrected chi connectivity index (χ2v) is 5.76. The molecule has 0 bridgehead atoms. The summed E-state index contributed by atoms with van der Waals surface area (Å²) in [5.74, 6) is -0.0221. The number of amides is 2. The normalized spacial score (nSPS) is 15.4. The first kappa shape index (κ1) is 16.8. The van der Waals surface area contributed by atoms with Crippen LogP contribution >= 0.6 is 11.6 Å². The largest absolute Gasteiger partial charge is 0.381 e. The Labute approximate surface area is 135 Å². The number of nitrogens with zero attached hydrogens (tertiary/aromatic N) is 1. The monoisotopic (exact) mass is 324 g/mol. The maximum absolute atomic E-state index is 12.0. The van der Waals surface area contributed by atoms with Gasteiger partial charge in [0, 0.05) is 49.9 Å². The van der Waals surface area contributed by atoms with Gasteiger partial charge in [-0.1, -0.05) is 17.7 Å². The second kappa shape index (κ2) is 8.15. The van der Waals surface area contributed by atoms with Crippen molar-refractivity contribution in [1.82, 2.24) is 5.32 Å². The van der Waals surface area contributed by atoms with E-state index >= 15 is 0 Å². The van der Waals surface area contributed by atoms with E-state index in [0.717, 1.165) is 18.5 Å². The van der Waals surface area contributed by atoms with Crippen LogP contribution in [0.25, 0.3) is 0 Å². The number of anilines is 1. The fourth-order valence-corrected chi connectivity index (χ4v) is 2.69. The van der Waals surface area contributed by atoms with Crippen molar-refractivity contribution in [2.24, 2.45) is 5.92 Å². The summed E-state index contributed by atoms with van der Waals surface area (Å²) in [6.07, 6.45) is 1.52. The van der Waals surface area contributed by atoms with Gasteiger partial charge in [-0.05, 0) is 31.0 Å². The van der Waals surface area contributed by atoms with Gasteiger partial charge in [-0.3, -0.25) is 9.59 Å². The first-order chi connectivity index (χ1) is 10.6. The molecule has 0 spiro atoms. The topological polar surface area (TPSA) is 58.6 Å². The molecular weight excluding hydrogens is 304 g/mol. The van der Waals surface area contributed by atoms with Crippen molar-refractivity contribution in [2.45, 2.75) is 19.8 Å². The standard InChI is InChI=1S/C16H21ClN2O3/c1-12(20)19(15-4-2-3-14(17)11-15)8-7-18-16(21)13-5-9-22-10-6-13/h2-4,11,13H,5-10H2,1H3,(H,18,21). The molecule has 0 aromatic heterocycles. The third kappa shape index (κ3) is 4.71. The van der Waals surface area contributed by atoms with Crippen LogP contribution in [0.3, 0.4) is 0 Å². The minimum atomic E-state index is -0.0809. The van der Waals surface area contributed by atoms with Crippen molar-refractivity contribution < 1.29 is 14.3 Å². The number of halogens is 1. The molecule has 22 heavy (non-hydrogen) atoms. The Bertz CT molecular complexity index is 530. The lowest BCUT2D eigenvalue weighted by molar-refractivity contribution is -0.127. The molecule has 1 heterocycles. The van der Waals surface area contributed by atoms with Gasteiger partial charge < -0.3 is 15.0 Å². The predicted octanol–water partition coefficient (Wildman–Crippen LogP) is 2.24. The summed E-state index contributed by atoms with van der Waals surface area (Å²) in [5, 5.41) is 3.48. The number of rotatable bonds is 5. The van der Waals surface area contributed by atoms with Crippen molar-refractivity contribution in [3.05, 3.63) is 29.3 Å². The Kier molecular flexibility index (Phi) is 6.21. The zero-order valence-electron chi connectivity index (χ0n) is 12.7. The molecule has 1 aliphatic heterocycles. The van der Waals surface area contributed by atoms with Crippen molar-refractivity contribution in [3.8, 4) is 0 Å². The average molecular weight is 325 g/mol. The summed E-state index contributed by atoms with van der Waals surface area (Å²) < 4.78 is 5.25. The highest BCUT2D eigenvalue weighted by molar-refractivity contribution is 6.30. The zero-order chi connectivity index (χ0) is 15.9. The van der Waals surface area contributed by atoms with Crippen LogP contribution in [-0.2, 0) is 14.3 Å². The van der Waals surface area contributed by atoms with Crippen molar-refractivity contribution in [3.63, 3.8) is 0 Å². The summed E-state index contributed by atoms with van der Waals surface area (Å²) in [6, 6.07) is 7.13. The Morgan fingerprint density at radius 1 is 1.36 bits per heavy atom. The van der Waals surface area contributed by atoms with E-state index in [1.165, 1.54) is 6.92 Å². The van der Waals surface area contributed by atoms with Crippen molar-refractivity contribution >= 4 is 29.1 Å². The fraction of sp³-hybridized carbons (Fsp3) is 0.500. The van der Waals surface area contributed by atoms with Gasteiger partial charge in [-0.25, -0.2) is 0 Å². The molecule has 0 radical (unpaired) electrons. The third-order valence-electron chi connectivity index (χ3n) is 3.73. The van der Waals surface area contributed by atoms with Crippen LogP contribution in [0.4, 0.5) is 5.69 Å². The molecule has 5 nitrogen and oxygen atoms in total. The van der Waals surface area contributed by atoms with Crippen molar-refractivity contribution in [1.29, 1.82) is 0 Å². The van der Waals surface area contributed by atoms with E-state index in [1.54, 1.807) is 23.1 Å². The van der Waals surface area contributed by atoms with Crippen molar-refractivity contribution in [2.75, 3.05) is 31.2 Å². The average Bonchev–Trinajstić information content (AvgIpc) is 2.51. The van der Waals surface area contributed by atoms with Crippen LogP contribution in [0.2, 0.25) is 5.02 Å². The summed E-state index contributed by atoms with van der Waals surface area (Å²) in [6.45, 7) is 3.62. The van der Waals surface area contributed by atoms with Gasteiger partial charge in [0.25, 0.3) is 0 Å². The van der Waals surface area contributed by atoms with E-state index in [1.807, 2.05) is 6.07 Å². The molecule has 0 unspecified atom stereocenters. The maximum atomic E-state index is 12.0. The minimum Gasteiger partial charge on any atom is -0.381 e. The molecule has 1 aromatic carbocycles. The van der Waals surface area contributed by atoms with E-state index < -0.39 is 0 Å². The SMILES string of the molecule is CC(=O)N(CCNC(=O)C1CCOCC1)c1cccc(Cl)c1. The molecule has 0 saturated carbocycles. The van der Waals surface area contributed by atoms with Crippen LogP contribution in [0, 0.1) is 5.92 Å². The highest BCUT2D eigenvalue weighted by atomic mass is 35.5. The summed E-state index contributed by atoms with van der Waals surface area (Å²) in [7, 11) is 0. The molecule has 1 N–H and O–H groups in total. The molecule has 1 aromatic rings. The van der Waals surface area contributed by atoms with Crippen LogP contribution in [0.1, 0.15) is 19.8 Å². The van der Waals surface area contributed by atoms with Crippen LogP contribution in [0.5, 0.6) is 0 Å². The summed E-state index contributed by atoms with van der Waals surface area (Å²) in [4.78, 5) is 25.4. The van der Waals surface area contributed by atoms with E-state index in [2.05, 4.69) is 5.32 Å². The molecular formula is C16H21ClN2O3. The lowest BCUT2D eigenvalue weighted by Crippen LogP contribution is -2.40. The highest BCUT2D eigenvalue weighted by Gasteiger charge is 2.21. The fourth-order valence-electron chi connectivity index (χ4n) is 2.51. The van der Waals surface area contributed by atoms with Gasteiger partial charge in [0.1, 0.15) is 0 Å². The quantitative estimate of drug-likeness (QED) is 0.903. The van der Waals surface area contributed by atoms with E-state index in [4.69, 9.17) is 16.3 Å². The molecule has 1 aliphatic rings. The molecule has 0 atom stereocenters. The van der Waals surface area contributed by atoms with Crippen LogP contribution in [-0.4, -0.2) is 38.1 Å². The summed E-state index contributed by atoms with van der Waals surface area (Å²) >= 11 is 5.96. The minimum absolute atomic E-state index is 0.0192. The van der Waals surface area contributed by atoms with Gasteiger partial charge in [-0.15, -0.1) is 0 Å². The maximum Gasteiger partial charge on any atom is 0.223 e. The van der Waals surface area contributed by atoms with Gasteiger partial charge in [0.05, 0.1) is 0 Å². The molecule has 1 fully saturated rings. The van der Waals surface area contributed by atoms with Gasteiger partial charge in [-0.2, -0.15) is 0 Å². The van der Waals surface area contributed by atoms with Gasteiger partial charge in [0.2, 0.25) is 11.8 Å². The molecule has 0 aliphatic carbocycles. The smallest absolute Gasteiger partial charge is 0.223 e. The number of hydrogen-bond donors (Lipinski definition) is 1. The van der Waals surface area contributed by atoms with E-state index in [0.29, 0.717) is 31.3 Å². The first-order valence-corrected chi connectivity index (χ1v) is 7.85. The zero-order valence-corrected chi connectivity index (χ0v) is 13.4. The summed E-state index contributed by atoms with van der Waals surface area (Å²) in [5.41, 5.74) is 0.736. The molecule has 120 valence electrons. The second-order valence-electron chi connectivity index (χ2n) is 5.33. The van der Waals surface area contributed by atoms with E-state index in [9.17, 15) is 9.59 Å². The molecule has 2 amide bonds. The Morgan fingerprint density at radius 3 is 2.73 bits per heavy atom. The molecule has 2 rings (SSSR count).